The van der Waals surface area contributed by atoms with E-state index < -0.39 is 0 Å². The molecular weight excluding hydrogens is 370 g/mol. The number of amides is 2. The van der Waals surface area contributed by atoms with Gasteiger partial charge in [-0.15, -0.1) is 0 Å². The number of nitrogens with one attached hydrogen (secondary N) is 1. The van der Waals surface area contributed by atoms with E-state index in [1.165, 1.54) is 6.92 Å². The van der Waals surface area contributed by atoms with Crippen LogP contribution < -0.4 is 10.2 Å². The second-order valence-electron chi connectivity index (χ2n) is 5.49. The summed E-state index contributed by atoms with van der Waals surface area (Å²) in [5.41, 5.74) is 2.75. The normalized spacial score (nSPS) is 10.3. The van der Waals surface area contributed by atoms with E-state index in [1.54, 1.807) is 17.3 Å². The van der Waals surface area contributed by atoms with Crippen molar-refractivity contribution in [3.05, 3.63) is 58.3 Å². The van der Waals surface area contributed by atoms with Gasteiger partial charge in [0.25, 0.3) is 0 Å². The number of aromatic nitrogens is 1. The van der Waals surface area contributed by atoms with Gasteiger partial charge in [-0.25, -0.2) is 0 Å². The highest BCUT2D eigenvalue weighted by Crippen LogP contribution is 2.24. The Bertz CT molecular complexity index is 719. The molecular formula is C18H20BrN3O2. The number of pyridine rings is 1. The molecule has 5 nitrogen and oxygen atoms in total. The van der Waals surface area contributed by atoms with E-state index in [1.807, 2.05) is 37.3 Å². The first-order valence-electron chi connectivity index (χ1n) is 7.67. The Labute approximate surface area is 150 Å². The van der Waals surface area contributed by atoms with E-state index in [2.05, 4.69) is 26.2 Å². The number of rotatable bonds is 6. The lowest BCUT2D eigenvalue weighted by Crippen LogP contribution is -2.34. The van der Waals surface area contributed by atoms with Gasteiger partial charge in [0.15, 0.2) is 0 Å². The summed E-state index contributed by atoms with van der Waals surface area (Å²) in [6.07, 6.45) is 3.65. The van der Waals surface area contributed by atoms with Gasteiger partial charge in [-0.3, -0.25) is 14.6 Å². The maximum atomic E-state index is 12.0. The summed E-state index contributed by atoms with van der Waals surface area (Å²) >= 11 is 3.41. The molecule has 0 spiro atoms. The van der Waals surface area contributed by atoms with E-state index >= 15 is 0 Å². The highest BCUT2D eigenvalue weighted by molar-refractivity contribution is 9.10. The maximum Gasteiger partial charge on any atom is 0.223 e. The van der Waals surface area contributed by atoms with Crippen LogP contribution in [0.15, 0.2) is 47.2 Å². The van der Waals surface area contributed by atoms with Crippen LogP contribution in [0.1, 0.15) is 24.5 Å². The first-order valence-corrected chi connectivity index (χ1v) is 8.46. The number of nitrogens with zero attached hydrogens (tertiary/aromatic N) is 2. The monoisotopic (exact) mass is 389 g/mol. The third-order valence-electron chi connectivity index (χ3n) is 3.60. The molecule has 2 rings (SSSR count). The molecule has 0 saturated heterocycles. The van der Waals surface area contributed by atoms with Crippen LogP contribution in [-0.4, -0.2) is 23.3 Å². The number of hydrogen-bond donors (Lipinski definition) is 1. The molecule has 0 radical (unpaired) electrons. The first-order chi connectivity index (χ1) is 11.5. The zero-order valence-electron chi connectivity index (χ0n) is 13.8. The van der Waals surface area contributed by atoms with Crippen LogP contribution in [0.3, 0.4) is 0 Å². The van der Waals surface area contributed by atoms with Crippen molar-refractivity contribution in [1.29, 1.82) is 0 Å². The smallest absolute Gasteiger partial charge is 0.223 e. The van der Waals surface area contributed by atoms with Crippen molar-refractivity contribution in [1.82, 2.24) is 10.3 Å². The van der Waals surface area contributed by atoms with Gasteiger partial charge in [0.05, 0.1) is 0 Å². The SMILES string of the molecule is CC(=O)N(CCC(=O)NCc1cccnc1)c1ccc(Br)cc1C. The Morgan fingerprint density at radius 3 is 2.71 bits per heavy atom. The Morgan fingerprint density at radius 1 is 1.29 bits per heavy atom. The lowest BCUT2D eigenvalue weighted by Gasteiger charge is -2.23. The summed E-state index contributed by atoms with van der Waals surface area (Å²) in [5.74, 6) is -0.180. The molecule has 1 N–H and O–H groups in total. The standard InChI is InChI=1S/C18H20BrN3O2/c1-13-10-16(19)5-6-17(13)22(14(2)23)9-7-18(24)21-12-15-4-3-8-20-11-15/h3-6,8,10-11H,7,9,12H2,1-2H3,(H,21,24). The third-order valence-corrected chi connectivity index (χ3v) is 4.10. The van der Waals surface area contributed by atoms with Crippen LogP contribution in [0.4, 0.5) is 5.69 Å². The molecule has 0 aliphatic carbocycles. The van der Waals surface area contributed by atoms with Crippen LogP contribution in [0.25, 0.3) is 0 Å². The predicted molar refractivity (Wildman–Crippen MR) is 97.6 cm³/mol. The van der Waals surface area contributed by atoms with Gasteiger partial charge in [0, 0.05) is 49.0 Å². The number of halogens is 1. The summed E-state index contributed by atoms with van der Waals surface area (Å²) in [6.45, 7) is 4.23. The summed E-state index contributed by atoms with van der Waals surface area (Å²) in [7, 11) is 0. The molecule has 2 amide bonds. The van der Waals surface area contributed by atoms with Crippen LogP contribution in [0, 0.1) is 6.92 Å². The van der Waals surface area contributed by atoms with E-state index in [-0.39, 0.29) is 18.2 Å². The van der Waals surface area contributed by atoms with Gasteiger partial charge in [-0.2, -0.15) is 0 Å². The Kier molecular flexibility index (Phi) is 6.49. The van der Waals surface area contributed by atoms with Crippen LogP contribution in [0.2, 0.25) is 0 Å². The fourth-order valence-electron chi connectivity index (χ4n) is 2.37. The van der Waals surface area contributed by atoms with E-state index in [4.69, 9.17) is 0 Å². The summed E-state index contributed by atoms with van der Waals surface area (Å²) in [6, 6.07) is 9.46. The van der Waals surface area contributed by atoms with Crippen molar-refractivity contribution in [3.8, 4) is 0 Å². The molecule has 6 heteroatoms. The highest BCUT2D eigenvalue weighted by Gasteiger charge is 2.15. The quantitative estimate of drug-likeness (QED) is 0.824. The van der Waals surface area contributed by atoms with Crippen molar-refractivity contribution in [2.45, 2.75) is 26.8 Å². The van der Waals surface area contributed by atoms with Gasteiger partial charge in [-0.05, 0) is 42.3 Å². The van der Waals surface area contributed by atoms with Crippen molar-refractivity contribution >= 4 is 33.4 Å². The Hall–Kier alpha value is -2.21. The molecule has 1 aromatic heterocycles. The van der Waals surface area contributed by atoms with Crippen molar-refractivity contribution in [2.75, 3.05) is 11.4 Å². The molecule has 0 aliphatic heterocycles. The van der Waals surface area contributed by atoms with Crippen LogP contribution in [0.5, 0.6) is 0 Å². The molecule has 0 aliphatic rings. The van der Waals surface area contributed by atoms with Gasteiger partial charge < -0.3 is 10.2 Å². The molecule has 0 fully saturated rings. The first kappa shape index (κ1) is 18.1. The molecule has 24 heavy (non-hydrogen) atoms. The Morgan fingerprint density at radius 2 is 2.08 bits per heavy atom. The summed E-state index contributed by atoms with van der Waals surface area (Å²) in [5, 5.41) is 2.84. The zero-order valence-corrected chi connectivity index (χ0v) is 15.3. The highest BCUT2D eigenvalue weighted by atomic mass is 79.9. The number of anilines is 1. The summed E-state index contributed by atoms with van der Waals surface area (Å²) < 4.78 is 0.960. The third kappa shape index (κ3) is 5.16. The number of aryl methyl sites for hydroxylation is 1. The predicted octanol–water partition coefficient (Wildman–Crippen LogP) is 3.21. The van der Waals surface area contributed by atoms with E-state index in [9.17, 15) is 9.59 Å². The molecule has 0 atom stereocenters. The lowest BCUT2D eigenvalue weighted by atomic mass is 10.1. The maximum absolute atomic E-state index is 12.0. The molecule has 0 bridgehead atoms. The average molecular weight is 390 g/mol. The minimum absolute atomic E-state index is 0.0829. The molecule has 0 unspecified atom stereocenters. The van der Waals surface area contributed by atoms with Gasteiger partial charge in [0.2, 0.25) is 11.8 Å². The van der Waals surface area contributed by atoms with Crippen molar-refractivity contribution < 1.29 is 9.59 Å². The largest absolute Gasteiger partial charge is 0.352 e. The molecule has 1 heterocycles. The molecule has 0 saturated carbocycles. The van der Waals surface area contributed by atoms with Crippen LogP contribution in [-0.2, 0) is 16.1 Å². The van der Waals surface area contributed by atoms with E-state index in [0.29, 0.717) is 13.1 Å². The minimum Gasteiger partial charge on any atom is -0.352 e. The van der Waals surface area contributed by atoms with E-state index in [0.717, 1.165) is 21.3 Å². The second-order valence-corrected chi connectivity index (χ2v) is 6.41. The number of benzene rings is 1. The van der Waals surface area contributed by atoms with Gasteiger partial charge in [-0.1, -0.05) is 22.0 Å². The number of carbonyl (C=O) groups excluding carboxylic acids is 2. The fraction of sp³-hybridized carbons (Fsp3) is 0.278. The number of hydrogen-bond acceptors (Lipinski definition) is 3. The molecule has 2 aromatic rings. The molecule has 1 aromatic carbocycles. The topological polar surface area (TPSA) is 62.3 Å². The van der Waals surface area contributed by atoms with Crippen molar-refractivity contribution in [3.63, 3.8) is 0 Å². The molecule has 126 valence electrons. The average Bonchev–Trinajstić information content (AvgIpc) is 2.55. The number of carbonyl (C=O) groups is 2. The minimum atomic E-state index is -0.0973. The van der Waals surface area contributed by atoms with Gasteiger partial charge >= 0.3 is 0 Å². The lowest BCUT2D eigenvalue weighted by molar-refractivity contribution is -0.121. The second kappa shape index (κ2) is 8.59. The van der Waals surface area contributed by atoms with Gasteiger partial charge in [0.1, 0.15) is 0 Å². The van der Waals surface area contributed by atoms with Crippen LogP contribution >= 0.6 is 15.9 Å². The Balaban J connectivity index is 1.94. The zero-order chi connectivity index (χ0) is 17.5. The summed E-state index contributed by atoms with van der Waals surface area (Å²) in [4.78, 5) is 29.6. The fourth-order valence-corrected chi connectivity index (χ4v) is 2.85. The van der Waals surface area contributed by atoms with Crippen molar-refractivity contribution in [2.24, 2.45) is 0 Å².